The predicted octanol–water partition coefficient (Wildman–Crippen LogP) is 1.92. The Labute approximate surface area is 87.5 Å². The summed E-state index contributed by atoms with van der Waals surface area (Å²) >= 11 is 0. The van der Waals surface area contributed by atoms with Crippen LogP contribution in [-0.4, -0.2) is 17.7 Å². The summed E-state index contributed by atoms with van der Waals surface area (Å²) in [4.78, 5) is 10.7. The van der Waals surface area contributed by atoms with E-state index >= 15 is 0 Å². The molecule has 0 radical (unpaired) electrons. The first-order chi connectivity index (χ1) is 7.91. The Kier molecular flexibility index (Phi) is 2.70. The summed E-state index contributed by atoms with van der Waals surface area (Å²) in [6, 6.07) is 9.16. The minimum absolute atomic E-state index is 0.209. The number of carbonyl (C=O) groups is 1. The highest BCUT2D eigenvalue weighted by molar-refractivity contribution is 5.69. The van der Waals surface area contributed by atoms with Crippen molar-refractivity contribution in [3.8, 4) is 0 Å². The average molecular weight is 197 g/mol. The Morgan fingerprint density at radius 2 is 2.29 bits per heavy atom. The van der Waals surface area contributed by atoms with Gasteiger partial charge in [-0.3, -0.25) is 4.79 Å². The first-order valence-electron chi connectivity index (χ1n) is 5.75. The number of aliphatic carboxylic acids is 1. The fourth-order valence-electron chi connectivity index (χ4n) is 0.940. The van der Waals surface area contributed by atoms with E-state index in [1.807, 2.05) is 30.3 Å². The second-order valence-electron chi connectivity index (χ2n) is 2.89. The Balaban J connectivity index is 2.46. The van der Waals surface area contributed by atoms with Crippen LogP contribution in [0.15, 0.2) is 30.3 Å². The lowest BCUT2D eigenvalue weighted by atomic mass is 10.2. The van der Waals surface area contributed by atoms with E-state index < -0.39 is 18.7 Å². The van der Waals surface area contributed by atoms with E-state index in [0.29, 0.717) is 0 Å². The van der Waals surface area contributed by atoms with Gasteiger partial charge in [-0.05, 0) is 12.4 Å². The number of carboxylic acid groups (broad SMARTS) is 1. The Hall–Kier alpha value is -1.35. The van der Waals surface area contributed by atoms with Crippen molar-refractivity contribution in [1.29, 1.82) is 0 Å². The van der Waals surface area contributed by atoms with Crippen molar-refractivity contribution < 1.29 is 18.8 Å². The van der Waals surface area contributed by atoms with Crippen molar-refractivity contribution in [2.24, 2.45) is 5.92 Å². The Bertz CT molecular complexity index is 362. The maximum absolute atomic E-state index is 10.7. The number of hydrogen-bond donors (Lipinski definition) is 1. The predicted molar refractivity (Wildman–Crippen MR) is 52.9 cm³/mol. The molecule has 0 amide bonds. The van der Waals surface area contributed by atoms with Crippen molar-refractivity contribution >= 4 is 5.97 Å². The zero-order valence-corrected chi connectivity index (χ0v) is 7.64. The molecule has 0 unspecified atom stereocenters. The van der Waals surface area contributed by atoms with E-state index in [1.165, 1.54) is 0 Å². The minimum atomic E-state index is -2.54. The van der Waals surface area contributed by atoms with Crippen LogP contribution in [0.25, 0.3) is 0 Å². The van der Waals surface area contributed by atoms with Crippen LogP contribution < -0.4 is 0 Å². The van der Waals surface area contributed by atoms with Crippen LogP contribution in [0.5, 0.6) is 0 Å². The zero-order chi connectivity index (χ0) is 12.9. The summed E-state index contributed by atoms with van der Waals surface area (Å²) < 4.78 is 26.4. The van der Waals surface area contributed by atoms with Crippen molar-refractivity contribution in [2.75, 3.05) is 6.61 Å². The van der Waals surface area contributed by atoms with Gasteiger partial charge in [0.1, 0.15) is 0 Å². The van der Waals surface area contributed by atoms with E-state index in [2.05, 4.69) is 0 Å². The number of ether oxygens (including phenoxy) is 1. The summed E-state index contributed by atoms with van der Waals surface area (Å²) in [5, 5.41) is 8.77. The molecule has 3 heteroatoms. The monoisotopic (exact) mass is 197 g/mol. The largest absolute Gasteiger partial charge is 0.481 e. The van der Waals surface area contributed by atoms with Gasteiger partial charge in [0.05, 0.1) is 19.1 Å². The Morgan fingerprint density at radius 3 is 2.86 bits per heavy atom. The molecule has 0 spiro atoms. The quantitative estimate of drug-likeness (QED) is 0.784. The van der Waals surface area contributed by atoms with Gasteiger partial charge in [-0.2, -0.15) is 0 Å². The molecule has 0 fully saturated rings. The first kappa shape index (κ1) is 7.01. The number of hydrogen-bond acceptors (Lipinski definition) is 2. The lowest BCUT2D eigenvalue weighted by Gasteiger charge is -2.07. The van der Waals surface area contributed by atoms with Crippen LogP contribution in [0.1, 0.15) is 16.5 Å². The topological polar surface area (TPSA) is 46.5 Å². The third kappa shape index (κ3) is 3.58. The lowest BCUT2D eigenvalue weighted by molar-refractivity contribution is -0.143. The van der Waals surface area contributed by atoms with E-state index in [1.54, 1.807) is 0 Å². The summed E-state index contributed by atoms with van der Waals surface area (Å²) in [6.45, 7) is -2.65. The van der Waals surface area contributed by atoms with Gasteiger partial charge < -0.3 is 9.84 Å². The van der Waals surface area contributed by atoms with Gasteiger partial charge in [-0.1, -0.05) is 30.3 Å². The molecule has 0 saturated carbocycles. The highest BCUT2D eigenvalue weighted by Gasteiger charge is 2.10. The summed E-state index contributed by atoms with van der Waals surface area (Å²) in [6.07, 6.45) is 0. The highest BCUT2D eigenvalue weighted by atomic mass is 16.5. The van der Waals surface area contributed by atoms with Crippen LogP contribution in [0, 0.1) is 5.92 Å². The molecule has 1 N–H and O–H groups in total. The standard InChI is InChI=1S/C11H14O3/c1-9(11(12)13)7-14-8-10-5-3-2-4-6-10/h2-6,9H,7-8H2,1H3,(H,12,13)/t9-/m0/s1/i1D3. The summed E-state index contributed by atoms with van der Waals surface area (Å²) in [7, 11) is 0. The molecule has 0 saturated heterocycles. The minimum Gasteiger partial charge on any atom is -0.481 e. The van der Waals surface area contributed by atoms with Gasteiger partial charge in [-0.15, -0.1) is 0 Å². The third-order valence-electron chi connectivity index (χ3n) is 1.69. The highest BCUT2D eigenvalue weighted by Crippen LogP contribution is 2.03. The van der Waals surface area contributed by atoms with Crippen LogP contribution >= 0.6 is 0 Å². The zero-order valence-electron chi connectivity index (χ0n) is 10.6. The molecule has 76 valence electrons. The first-order valence-corrected chi connectivity index (χ1v) is 4.25. The van der Waals surface area contributed by atoms with Crippen molar-refractivity contribution in [2.45, 2.75) is 13.5 Å². The molecule has 0 aliphatic rings. The molecular weight excluding hydrogens is 180 g/mol. The molecule has 0 aromatic heterocycles. The molecular formula is C11H14O3. The molecule has 0 heterocycles. The van der Waals surface area contributed by atoms with Gasteiger partial charge in [0.2, 0.25) is 0 Å². The van der Waals surface area contributed by atoms with Crippen LogP contribution in [0.2, 0.25) is 0 Å². The van der Waals surface area contributed by atoms with Gasteiger partial charge in [0.25, 0.3) is 0 Å². The maximum Gasteiger partial charge on any atom is 0.308 e. The molecule has 1 rings (SSSR count). The van der Waals surface area contributed by atoms with Gasteiger partial charge in [0, 0.05) is 4.11 Å². The normalized spacial score (nSPS) is 16.4. The van der Waals surface area contributed by atoms with E-state index in [-0.39, 0.29) is 13.2 Å². The Morgan fingerprint density at radius 1 is 1.57 bits per heavy atom. The molecule has 1 aromatic carbocycles. The van der Waals surface area contributed by atoms with E-state index in [0.717, 1.165) is 5.56 Å². The second-order valence-corrected chi connectivity index (χ2v) is 2.89. The van der Waals surface area contributed by atoms with Gasteiger partial charge in [0.15, 0.2) is 0 Å². The van der Waals surface area contributed by atoms with E-state index in [4.69, 9.17) is 14.0 Å². The van der Waals surface area contributed by atoms with Crippen molar-refractivity contribution in [3.05, 3.63) is 35.9 Å². The van der Waals surface area contributed by atoms with Crippen LogP contribution in [-0.2, 0) is 16.1 Å². The fraction of sp³-hybridized carbons (Fsp3) is 0.364. The third-order valence-corrected chi connectivity index (χ3v) is 1.69. The van der Waals surface area contributed by atoms with Gasteiger partial charge >= 0.3 is 5.97 Å². The number of carboxylic acids is 1. The average Bonchev–Trinajstić information content (AvgIpc) is 2.23. The summed E-state index contributed by atoms with van der Waals surface area (Å²) in [5.41, 5.74) is 0.877. The second kappa shape index (κ2) is 5.40. The SMILES string of the molecule is [2H]C([2H])([2H])[C@@H](COCc1ccccc1)C(=O)O. The fourth-order valence-corrected chi connectivity index (χ4v) is 0.940. The van der Waals surface area contributed by atoms with Crippen molar-refractivity contribution in [3.63, 3.8) is 0 Å². The molecule has 0 bridgehead atoms. The van der Waals surface area contributed by atoms with Gasteiger partial charge in [-0.25, -0.2) is 0 Å². The number of rotatable bonds is 5. The molecule has 0 aliphatic carbocycles. The maximum atomic E-state index is 10.7. The molecule has 1 atom stereocenters. The molecule has 0 aliphatic heterocycles. The molecule has 1 aromatic rings. The summed E-state index contributed by atoms with van der Waals surface area (Å²) in [5.74, 6) is -2.84. The van der Waals surface area contributed by atoms with Crippen LogP contribution in [0.4, 0.5) is 0 Å². The van der Waals surface area contributed by atoms with Crippen molar-refractivity contribution in [1.82, 2.24) is 0 Å². The van der Waals surface area contributed by atoms with Crippen LogP contribution in [0.3, 0.4) is 0 Å². The smallest absolute Gasteiger partial charge is 0.308 e. The molecule has 3 nitrogen and oxygen atoms in total. The lowest BCUT2D eigenvalue weighted by Crippen LogP contribution is -2.15. The molecule has 14 heavy (non-hydrogen) atoms. The van der Waals surface area contributed by atoms with E-state index in [9.17, 15) is 4.79 Å². The number of benzene rings is 1.